The summed E-state index contributed by atoms with van der Waals surface area (Å²) in [7, 11) is 3.07. The second kappa shape index (κ2) is 14.5. The number of benzene rings is 3. The van der Waals surface area contributed by atoms with E-state index in [4.69, 9.17) is 14.6 Å². The lowest BCUT2D eigenvalue weighted by Crippen LogP contribution is -2.31. The van der Waals surface area contributed by atoms with E-state index >= 15 is 0 Å². The molecule has 1 aliphatic rings. The SMILES string of the molecule is CNC(=O)c1ccc(SC2=C(Sc3ccc(C(=O)NC)cc3)C(=O)N(c3ccc(OCCOCC(=O)O)cc3)C2=O)cc1. The summed E-state index contributed by atoms with van der Waals surface area (Å²) in [6, 6.07) is 19.7. The first-order chi connectivity index (χ1) is 20.7. The van der Waals surface area contributed by atoms with Gasteiger partial charge in [0.25, 0.3) is 23.6 Å². The Balaban J connectivity index is 1.57. The number of carboxylic acids is 1. The first kappa shape index (κ1) is 31.3. The smallest absolute Gasteiger partial charge is 0.329 e. The number of carbonyl (C=O) groups is 5. The van der Waals surface area contributed by atoms with E-state index in [1.54, 1.807) is 72.8 Å². The van der Waals surface area contributed by atoms with Gasteiger partial charge in [0, 0.05) is 35.0 Å². The third-order valence-electron chi connectivity index (χ3n) is 5.94. The largest absolute Gasteiger partial charge is 0.491 e. The number of carboxylic acid groups (broad SMARTS) is 1. The molecule has 1 heterocycles. The highest BCUT2D eigenvalue weighted by Crippen LogP contribution is 2.44. The van der Waals surface area contributed by atoms with Crippen LogP contribution in [0.4, 0.5) is 5.69 Å². The van der Waals surface area contributed by atoms with E-state index in [0.717, 1.165) is 28.4 Å². The average molecular weight is 622 g/mol. The number of carbonyl (C=O) groups excluding carboxylic acids is 4. The zero-order chi connectivity index (χ0) is 30.9. The molecule has 1 aliphatic heterocycles. The van der Waals surface area contributed by atoms with Crippen molar-refractivity contribution in [2.45, 2.75) is 9.79 Å². The van der Waals surface area contributed by atoms with Gasteiger partial charge in [0.2, 0.25) is 0 Å². The van der Waals surface area contributed by atoms with Crippen LogP contribution in [0.15, 0.2) is 92.4 Å². The fourth-order valence-electron chi connectivity index (χ4n) is 3.85. The van der Waals surface area contributed by atoms with Gasteiger partial charge in [-0.3, -0.25) is 19.2 Å². The molecule has 4 rings (SSSR count). The monoisotopic (exact) mass is 621 g/mol. The summed E-state index contributed by atoms with van der Waals surface area (Å²) in [6.07, 6.45) is 0. The van der Waals surface area contributed by atoms with E-state index in [1.165, 1.54) is 14.1 Å². The Bertz CT molecular complexity index is 1470. The van der Waals surface area contributed by atoms with Crippen LogP contribution in [0.25, 0.3) is 0 Å². The topological polar surface area (TPSA) is 151 Å². The highest BCUT2D eigenvalue weighted by Gasteiger charge is 2.40. The van der Waals surface area contributed by atoms with Crippen LogP contribution in [0, 0.1) is 0 Å². The van der Waals surface area contributed by atoms with Crippen LogP contribution < -0.4 is 20.3 Å². The Morgan fingerprint density at radius 3 is 1.60 bits per heavy atom. The van der Waals surface area contributed by atoms with Crippen LogP contribution in [-0.2, 0) is 19.1 Å². The molecule has 0 aliphatic carbocycles. The summed E-state index contributed by atoms with van der Waals surface area (Å²) in [4.78, 5) is 64.7. The van der Waals surface area contributed by atoms with E-state index in [-0.39, 0.29) is 34.8 Å². The number of aliphatic carboxylic acids is 1. The van der Waals surface area contributed by atoms with Crippen molar-refractivity contribution in [2.75, 3.05) is 38.8 Å². The van der Waals surface area contributed by atoms with Crippen LogP contribution in [0.1, 0.15) is 20.7 Å². The zero-order valence-electron chi connectivity index (χ0n) is 23.1. The molecule has 0 saturated carbocycles. The summed E-state index contributed by atoms with van der Waals surface area (Å²) >= 11 is 2.24. The number of thioether (sulfide) groups is 2. The molecule has 0 fully saturated rings. The van der Waals surface area contributed by atoms with Crippen molar-refractivity contribution in [3.05, 3.63) is 93.7 Å². The third-order valence-corrected chi connectivity index (χ3v) is 8.26. The predicted molar refractivity (Wildman–Crippen MR) is 161 cm³/mol. The van der Waals surface area contributed by atoms with Gasteiger partial charge in [-0.1, -0.05) is 23.5 Å². The van der Waals surface area contributed by atoms with Crippen LogP contribution in [0.5, 0.6) is 5.75 Å². The molecule has 43 heavy (non-hydrogen) atoms. The molecule has 0 saturated heterocycles. The molecule has 222 valence electrons. The lowest BCUT2D eigenvalue weighted by atomic mass is 10.2. The van der Waals surface area contributed by atoms with Gasteiger partial charge >= 0.3 is 5.97 Å². The Hall–Kier alpha value is -4.59. The number of nitrogens with one attached hydrogen (secondary N) is 2. The summed E-state index contributed by atoms with van der Waals surface area (Å²) in [5.74, 6) is -2.13. The first-order valence-corrected chi connectivity index (χ1v) is 14.5. The first-order valence-electron chi connectivity index (χ1n) is 12.9. The third kappa shape index (κ3) is 7.83. The Morgan fingerprint density at radius 2 is 1.19 bits per heavy atom. The van der Waals surface area contributed by atoms with Crippen LogP contribution in [0.2, 0.25) is 0 Å². The van der Waals surface area contributed by atoms with Gasteiger partial charge in [0.1, 0.15) is 19.0 Å². The Labute approximate surface area is 255 Å². The molecule has 0 spiro atoms. The van der Waals surface area contributed by atoms with Gasteiger partial charge in [-0.15, -0.1) is 0 Å². The summed E-state index contributed by atoms with van der Waals surface area (Å²) < 4.78 is 10.5. The molecule has 0 unspecified atom stereocenters. The molecule has 11 nitrogen and oxygen atoms in total. The zero-order valence-corrected chi connectivity index (χ0v) is 24.8. The minimum Gasteiger partial charge on any atom is -0.491 e. The highest BCUT2D eigenvalue weighted by atomic mass is 32.2. The van der Waals surface area contributed by atoms with Crippen molar-refractivity contribution in [3.8, 4) is 5.75 Å². The number of anilines is 1. The second-order valence-corrected chi connectivity index (χ2v) is 11.0. The summed E-state index contributed by atoms with van der Waals surface area (Å²) in [5.41, 5.74) is 1.25. The van der Waals surface area contributed by atoms with Crippen molar-refractivity contribution >= 4 is 58.8 Å². The minimum absolute atomic E-state index is 0.0798. The molecular weight excluding hydrogens is 594 g/mol. The Morgan fingerprint density at radius 1 is 0.721 bits per heavy atom. The van der Waals surface area contributed by atoms with Crippen molar-refractivity contribution in [2.24, 2.45) is 0 Å². The van der Waals surface area contributed by atoms with E-state index in [1.807, 2.05) is 0 Å². The molecular formula is C30H27N3O8S2. The molecule has 13 heteroatoms. The van der Waals surface area contributed by atoms with Gasteiger partial charge < -0.3 is 25.2 Å². The Kier molecular flexibility index (Phi) is 10.6. The molecule has 4 amide bonds. The molecule has 0 aromatic heterocycles. The van der Waals surface area contributed by atoms with Crippen molar-refractivity contribution in [1.82, 2.24) is 10.6 Å². The normalized spacial score (nSPS) is 12.8. The van der Waals surface area contributed by atoms with Crippen molar-refractivity contribution < 1.29 is 38.6 Å². The highest BCUT2D eigenvalue weighted by molar-refractivity contribution is 8.08. The average Bonchev–Trinajstić information content (AvgIpc) is 3.24. The van der Waals surface area contributed by atoms with Crippen molar-refractivity contribution in [1.29, 1.82) is 0 Å². The lowest BCUT2D eigenvalue weighted by molar-refractivity contribution is -0.142. The maximum Gasteiger partial charge on any atom is 0.329 e. The van der Waals surface area contributed by atoms with Crippen LogP contribution in [0.3, 0.4) is 0 Å². The number of ether oxygens (including phenoxy) is 2. The number of amides is 4. The quantitative estimate of drug-likeness (QED) is 0.191. The number of hydrogen-bond donors (Lipinski definition) is 3. The summed E-state index contributed by atoms with van der Waals surface area (Å²) in [5, 5.41) is 13.7. The molecule has 3 N–H and O–H groups in total. The maximum atomic E-state index is 13.7. The van der Waals surface area contributed by atoms with Crippen molar-refractivity contribution in [3.63, 3.8) is 0 Å². The fourth-order valence-corrected chi connectivity index (χ4v) is 5.83. The molecule has 0 bridgehead atoms. The second-order valence-electron chi connectivity index (χ2n) is 8.80. The molecule has 0 atom stereocenters. The predicted octanol–water partition coefficient (Wildman–Crippen LogP) is 3.56. The standard InChI is InChI=1S/C30H27N3O8S2/c1-31-27(36)18-3-11-22(12-4-18)42-25-26(43-23-13-5-19(6-14-23)28(37)32-2)30(39)33(29(25)38)20-7-9-21(10-8-20)41-16-15-40-17-24(34)35/h3-14H,15-17H2,1-2H3,(H,31,36)(H,32,37)(H,34,35). The van der Waals surface area contributed by atoms with Gasteiger partial charge in [-0.05, 0) is 72.8 Å². The summed E-state index contributed by atoms with van der Waals surface area (Å²) in [6.45, 7) is -0.225. The molecule has 3 aromatic carbocycles. The number of rotatable bonds is 13. The van der Waals surface area contributed by atoms with E-state index in [2.05, 4.69) is 10.6 Å². The van der Waals surface area contributed by atoms with Gasteiger partial charge in [-0.2, -0.15) is 0 Å². The van der Waals surface area contributed by atoms with E-state index < -0.39 is 24.4 Å². The van der Waals surface area contributed by atoms with Crippen LogP contribution in [-0.4, -0.2) is 68.6 Å². The lowest BCUT2D eigenvalue weighted by Gasteiger charge is -2.16. The fraction of sp³-hybridized carbons (Fsp3) is 0.167. The van der Waals surface area contributed by atoms with E-state index in [0.29, 0.717) is 32.4 Å². The number of nitrogens with zero attached hydrogens (tertiary/aromatic N) is 1. The van der Waals surface area contributed by atoms with Gasteiger partial charge in [0.05, 0.1) is 22.1 Å². The minimum atomic E-state index is -1.07. The number of imide groups is 1. The van der Waals surface area contributed by atoms with E-state index in [9.17, 15) is 24.0 Å². The maximum absolute atomic E-state index is 13.7. The van der Waals surface area contributed by atoms with Crippen LogP contribution >= 0.6 is 23.5 Å². The van der Waals surface area contributed by atoms with Gasteiger partial charge in [0.15, 0.2) is 0 Å². The number of hydrogen-bond acceptors (Lipinski definition) is 9. The molecule has 0 radical (unpaired) electrons. The molecule has 3 aromatic rings. The van der Waals surface area contributed by atoms with Gasteiger partial charge in [-0.25, -0.2) is 9.69 Å².